The molecular weight excluding hydrogens is 225 g/mol. The summed E-state index contributed by atoms with van der Waals surface area (Å²) in [5, 5.41) is 0. The molecule has 0 aliphatic rings. The van der Waals surface area contributed by atoms with Crippen molar-refractivity contribution in [2.24, 2.45) is 5.73 Å². The second kappa shape index (κ2) is 5.38. The first-order chi connectivity index (χ1) is 7.91. The van der Waals surface area contributed by atoms with E-state index in [0.29, 0.717) is 0 Å². The normalized spacial score (nSPS) is 10.4. The van der Waals surface area contributed by atoms with Crippen molar-refractivity contribution < 1.29 is 14.0 Å². The van der Waals surface area contributed by atoms with Gasteiger partial charge in [0.15, 0.2) is 0 Å². The lowest BCUT2D eigenvalue weighted by atomic mass is 10.2. The molecule has 0 spiro atoms. The minimum Gasteiger partial charge on any atom is -0.368 e. The van der Waals surface area contributed by atoms with Gasteiger partial charge < -0.3 is 10.6 Å². The highest BCUT2D eigenvalue weighted by Gasteiger charge is 2.20. The molecule has 0 unspecified atom stereocenters. The summed E-state index contributed by atoms with van der Waals surface area (Å²) in [6.07, 6.45) is 1.20. The van der Waals surface area contributed by atoms with Crippen LogP contribution in [-0.2, 0) is 4.79 Å². The van der Waals surface area contributed by atoms with E-state index >= 15 is 0 Å². The van der Waals surface area contributed by atoms with Crippen molar-refractivity contribution in [3.8, 4) is 0 Å². The zero-order valence-corrected chi connectivity index (χ0v) is 9.68. The lowest BCUT2D eigenvalue weighted by Crippen LogP contribution is -2.42. The van der Waals surface area contributed by atoms with Gasteiger partial charge in [-0.15, -0.1) is 0 Å². The molecule has 2 amide bonds. The molecule has 5 nitrogen and oxygen atoms in total. The van der Waals surface area contributed by atoms with Crippen molar-refractivity contribution >= 4 is 11.8 Å². The van der Waals surface area contributed by atoms with Crippen LogP contribution >= 0.6 is 0 Å². The molecule has 2 N–H and O–H groups in total. The lowest BCUT2D eigenvalue weighted by Gasteiger charge is -2.25. The largest absolute Gasteiger partial charge is 0.368 e. The molecule has 17 heavy (non-hydrogen) atoms. The predicted octanol–water partition coefficient (Wildman–Crippen LogP) is 0.557. The fraction of sp³-hybridized carbons (Fsp3) is 0.364. The Morgan fingerprint density at radius 1 is 1.53 bits per heavy atom. The maximum atomic E-state index is 12.9. The lowest BCUT2D eigenvalue weighted by molar-refractivity contribution is -0.119. The summed E-state index contributed by atoms with van der Waals surface area (Å²) in [7, 11) is 0. The summed E-state index contributed by atoms with van der Waals surface area (Å²) < 4.78 is 12.9. The van der Waals surface area contributed by atoms with Crippen molar-refractivity contribution in [3.05, 3.63) is 29.8 Å². The van der Waals surface area contributed by atoms with Gasteiger partial charge in [-0.05, 0) is 19.9 Å². The van der Waals surface area contributed by atoms with Crippen LogP contribution in [0.1, 0.15) is 24.2 Å². The predicted molar refractivity (Wildman–Crippen MR) is 59.6 cm³/mol. The first-order valence-corrected chi connectivity index (χ1v) is 5.12. The zero-order chi connectivity index (χ0) is 13.0. The fourth-order valence-corrected chi connectivity index (χ4v) is 1.36. The highest BCUT2D eigenvalue weighted by Crippen LogP contribution is 2.08. The molecule has 0 fully saturated rings. The number of pyridine rings is 1. The Morgan fingerprint density at radius 3 is 2.65 bits per heavy atom. The van der Waals surface area contributed by atoms with Gasteiger partial charge in [-0.1, -0.05) is 0 Å². The van der Waals surface area contributed by atoms with Crippen molar-refractivity contribution in [1.29, 1.82) is 0 Å². The Morgan fingerprint density at radius 2 is 2.18 bits per heavy atom. The highest BCUT2D eigenvalue weighted by molar-refractivity contribution is 5.96. The third-order valence-electron chi connectivity index (χ3n) is 2.18. The minimum absolute atomic E-state index is 0.146. The number of carbonyl (C=O) groups excluding carboxylic acids is 2. The highest BCUT2D eigenvalue weighted by atomic mass is 19.1. The summed E-state index contributed by atoms with van der Waals surface area (Å²) in [5.74, 6) is -1.79. The van der Waals surface area contributed by atoms with E-state index in [1.807, 2.05) is 0 Å². The van der Waals surface area contributed by atoms with Gasteiger partial charge in [0.05, 0.1) is 6.54 Å². The molecule has 1 rings (SSSR count). The van der Waals surface area contributed by atoms with E-state index < -0.39 is 17.8 Å². The molecule has 1 heterocycles. The molecule has 0 radical (unpaired) electrons. The number of primary amides is 1. The monoisotopic (exact) mass is 239 g/mol. The molecule has 0 atom stereocenters. The molecule has 6 heteroatoms. The molecule has 0 saturated heterocycles. The van der Waals surface area contributed by atoms with E-state index in [1.54, 1.807) is 13.8 Å². The van der Waals surface area contributed by atoms with Crippen LogP contribution in [0, 0.1) is 5.95 Å². The Labute approximate surface area is 98.4 Å². The molecule has 1 aromatic heterocycles. The van der Waals surface area contributed by atoms with Gasteiger partial charge in [-0.3, -0.25) is 9.59 Å². The van der Waals surface area contributed by atoms with Crippen LogP contribution in [0.5, 0.6) is 0 Å². The quantitative estimate of drug-likeness (QED) is 0.780. The third-order valence-corrected chi connectivity index (χ3v) is 2.18. The number of nitrogens with two attached hydrogens (primary N) is 1. The number of halogens is 1. The van der Waals surface area contributed by atoms with E-state index in [0.717, 1.165) is 6.07 Å². The van der Waals surface area contributed by atoms with Crippen LogP contribution in [0.3, 0.4) is 0 Å². The second-order valence-electron chi connectivity index (χ2n) is 3.86. The third kappa shape index (κ3) is 3.51. The Bertz CT molecular complexity index is 434. The van der Waals surface area contributed by atoms with Gasteiger partial charge in [-0.2, -0.15) is 4.39 Å². The average molecular weight is 239 g/mol. The Hall–Kier alpha value is -1.98. The minimum atomic E-state index is -0.737. The standard InChI is InChI=1S/C11H14FN3O2/c1-7(2)15(6-10(13)16)11(17)8-3-4-14-9(12)5-8/h3-5,7H,6H2,1-2H3,(H2,13,16). The number of hydrogen-bond donors (Lipinski definition) is 1. The van der Waals surface area contributed by atoms with E-state index in [1.165, 1.54) is 17.2 Å². The molecular formula is C11H14FN3O2. The van der Waals surface area contributed by atoms with E-state index in [4.69, 9.17) is 5.73 Å². The van der Waals surface area contributed by atoms with Crippen LogP contribution in [0.15, 0.2) is 18.3 Å². The number of amides is 2. The molecule has 0 aromatic carbocycles. The first kappa shape index (κ1) is 13.1. The maximum Gasteiger partial charge on any atom is 0.254 e. The average Bonchev–Trinajstić information content (AvgIpc) is 2.24. The van der Waals surface area contributed by atoms with Gasteiger partial charge in [0, 0.05) is 23.9 Å². The van der Waals surface area contributed by atoms with E-state index in [2.05, 4.69) is 4.98 Å². The maximum absolute atomic E-state index is 12.9. The number of carbonyl (C=O) groups is 2. The van der Waals surface area contributed by atoms with Gasteiger partial charge in [-0.25, -0.2) is 4.98 Å². The smallest absolute Gasteiger partial charge is 0.254 e. The van der Waals surface area contributed by atoms with Gasteiger partial charge in [0.2, 0.25) is 11.9 Å². The van der Waals surface area contributed by atoms with E-state index in [-0.39, 0.29) is 18.2 Å². The van der Waals surface area contributed by atoms with Crippen LogP contribution in [0.2, 0.25) is 0 Å². The Kier molecular flexibility index (Phi) is 4.14. The van der Waals surface area contributed by atoms with Gasteiger partial charge >= 0.3 is 0 Å². The van der Waals surface area contributed by atoms with Gasteiger partial charge in [0.1, 0.15) is 0 Å². The number of aromatic nitrogens is 1. The summed E-state index contributed by atoms with van der Waals surface area (Å²) in [6, 6.07) is 2.21. The molecule has 1 aromatic rings. The summed E-state index contributed by atoms with van der Waals surface area (Å²) in [6.45, 7) is 3.30. The van der Waals surface area contributed by atoms with Crippen molar-refractivity contribution in [2.45, 2.75) is 19.9 Å². The van der Waals surface area contributed by atoms with Crippen LogP contribution < -0.4 is 5.73 Å². The molecule has 0 aliphatic carbocycles. The zero-order valence-electron chi connectivity index (χ0n) is 9.68. The van der Waals surface area contributed by atoms with Crippen LogP contribution in [0.4, 0.5) is 4.39 Å². The molecule has 92 valence electrons. The van der Waals surface area contributed by atoms with Crippen molar-refractivity contribution in [2.75, 3.05) is 6.54 Å². The SMILES string of the molecule is CC(C)N(CC(N)=O)C(=O)c1ccnc(F)c1. The fourth-order valence-electron chi connectivity index (χ4n) is 1.36. The Balaban J connectivity index is 2.95. The number of hydrogen-bond acceptors (Lipinski definition) is 3. The molecule has 0 saturated carbocycles. The topological polar surface area (TPSA) is 76.3 Å². The second-order valence-corrected chi connectivity index (χ2v) is 3.86. The van der Waals surface area contributed by atoms with Gasteiger partial charge in [0.25, 0.3) is 5.91 Å². The van der Waals surface area contributed by atoms with Crippen molar-refractivity contribution in [1.82, 2.24) is 9.88 Å². The number of nitrogens with zero attached hydrogens (tertiary/aromatic N) is 2. The molecule has 0 aliphatic heterocycles. The van der Waals surface area contributed by atoms with Crippen molar-refractivity contribution in [3.63, 3.8) is 0 Å². The summed E-state index contributed by atoms with van der Waals surface area (Å²) in [5.41, 5.74) is 5.20. The van der Waals surface area contributed by atoms with Crippen LogP contribution in [0.25, 0.3) is 0 Å². The number of rotatable bonds is 4. The summed E-state index contributed by atoms with van der Waals surface area (Å²) in [4.78, 5) is 27.5. The molecule has 0 bridgehead atoms. The first-order valence-electron chi connectivity index (χ1n) is 5.12. The van der Waals surface area contributed by atoms with E-state index in [9.17, 15) is 14.0 Å². The summed E-state index contributed by atoms with van der Waals surface area (Å²) >= 11 is 0. The van der Waals surface area contributed by atoms with Crippen LogP contribution in [-0.4, -0.2) is 34.3 Å².